The molecule has 1 N–H and O–H groups in total. The fourth-order valence-electron chi connectivity index (χ4n) is 3.12. The number of nitrogens with zero attached hydrogens (tertiary/aromatic N) is 4. The van der Waals surface area contributed by atoms with Gasteiger partial charge in [0.05, 0.1) is 5.69 Å². The summed E-state index contributed by atoms with van der Waals surface area (Å²) in [6.45, 7) is 3.39. The number of benzene rings is 2. The highest BCUT2D eigenvalue weighted by Crippen LogP contribution is 2.30. The van der Waals surface area contributed by atoms with E-state index >= 15 is 0 Å². The summed E-state index contributed by atoms with van der Waals surface area (Å²) in [5.41, 5.74) is 5.26. The van der Waals surface area contributed by atoms with Crippen LogP contribution in [-0.4, -0.2) is 25.8 Å². The molecule has 1 amide bonds. The van der Waals surface area contributed by atoms with Crippen molar-refractivity contribution in [1.82, 2.24) is 19.9 Å². The van der Waals surface area contributed by atoms with Crippen LogP contribution in [0.4, 0.5) is 5.69 Å². The number of hydrogen-bond donors (Lipinski definition) is 1. The Hall–Kier alpha value is -3.74. The Labute approximate surface area is 162 Å². The SMILES string of the molecule is CC(=O)Nc1cccc(-c2nc(-c3cccc(-c4ccnn4C)c3)no2)c1C. The molecule has 2 aromatic carbocycles. The van der Waals surface area contributed by atoms with Crippen LogP contribution >= 0.6 is 0 Å². The third-order valence-electron chi connectivity index (χ3n) is 4.54. The van der Waals surface area contributed by atoms with Crippen LogP contribution in [0.1, 0.15) is 12.5 Å². The number of aromatic nitrogens is 4. The molecule has 0 saturated heterocycles. The van der Waals surface area contributed by atoms with E-state index in [2.05, 4.69) is 20.6 Å². The van der Waals surface area contributed by atoms with Gasteiger partial charge < -0.3 is 9.84 Å². The number of amides is 1. The maximum absolute atomic E-state index is 11.4. The van der Waals surface area contributed by atoms with Crippen molar-refractivity contribution in [1.29, 1.82) is 0 Å². The summed E-state index contributed by atoms with van der Waals surface area (Å²) in [6.07, 6.45) is 1.76. The predicted octanol–water partition coefficient (Wildman–Crippen LogP) is 4.07. The van der Waals surface area contributed by atoms with E-state index in [1.807, 2.05) is 67.2 Å². The maximum atomic E-state index is 11.4. The van der Waals surface area contributed by atoms with Crippen molar-refractivity contribution in [2.24, 2.45) is 7.05 Å². The van der Waals surface area contributed by atoms with Crippen molar-refractivity contribution in [3.63, 3.8) is 0 Å². The Balaban J connectivity index is 1.70. The number of carbonyl (C=O) groups is 1. The summed E-state index contributed by atoms with van der Waals surface area (Å²) < 4.78 is 7.33. The average molecular weight is 373 g/mol. The average Bonchev–Trinajstić information content (AvgIpc) is 3.32. The zero-order valence-corrected chi connectivity index (χ0v) is 15.8. The van der Waals surface area contributed by atoms with E-state index in [0.717, 1.165) is 33.6 Å². The van der Waals surface area contributed by atoms with Crippen molar-refractivity contribution in [3.05, 3.63) is 60.3 Å². The van der Waals surface area contributed by atoms with Crippen LogP contribution in [0.3, 0.4) is 0 Å². The van der Waals surface area contributed by atoms with Crippen molar-refractivity contribution >= 4 is 11.6 Å². The van der Waals surface area contributed by atoms with E-state index in [9.17, 15) is 4.79 Å². The molecule has 0 bridgehead atoms. The third kappa shape index (κ3) is 3.29. The highest BCUT2D eigenvalue weighted by atomic mass is 16.5. The lowest BCUT2D eigenvalue weighted by Crippen LogP contribution is -2.07. The van der Waals surface area contributed by atoms with E-state index in [4.69, 9.17) is 4.52 Å². The van der Waals surface area contributed by atoms with Gasteiger partial charge in [-0.3, -0.25) is 9.48 Å². The Morgan fingerprint density at radius 1 is 1.11 bits per heavy atom. The quantitative estimate of drug-likeness (QED) is 0.583. The van der Waals surface area contributed by atoms with Crippen LogP contribution in [-0.2, 0) is 11.8 Å². The van der Waals surface area contributed by atoms with Crippen molar-refractivity contribution in [2.45, 2.75) is 13.8 Å². The number of nitrogens with one attached hydrogen (secondary N) is 1. The van der Waals surface area contributed by atoms with Crippen molar-refractivity contribution in [3.8, 4) is 34.1 Å². The molecule has 0 unspecified atom stereocenters. The maximum Gasteiger partial charge on any atom is 0.258 e. The molecule has 0 aliphatic heterocycles. The molecular formula is C21H19N5O2. The van der Waals surface area contributed by atoms with Gasteiger partial charge in [0, 0.05) is 42.5 Å². The van der Waals surface area contributed by atoms with Crippen LogP contribution < -0.4 is 5.32 Å². The molecule has 140 valence electrons. The monoisotopic (exact) mass is 373 g/mol. The molecule has 2 heterocycles. The van der Waals surface area contributed by atoms with Gasteiger partial charge in [0.15, 0.2) is 0 Å². The van der Waals surface area contributed by atoms with E-state index < -0.39 is 0 Å². The zero-order valence-electron chi connectivity index (χ0n) is 15.8. The first kappa shape index (κ1) is 17.7. The fraction of sp³-hybridized carbons (Fsp3) is 0.143. The summed E-state index contributed by atoms with van der Waals surface area (Å²) in [5.74, 6) is 0.785. The van der Waals surface area contributed by atoms with Gasteiger partial charge in [-0.05, 0) is 36.8 Å². The summed E-state index contributed by atoms with van der Waals surface area (Å²) in [6, 6.07) is 15.5. The van der Waals surface area contributed by atoms with Crippen molar-refractivity contribution < 1.29 is 9.32 Å². The van der Waals surface area contributed by atoms with Gasteiger partial charge in [-0.15, -0.1) is 0 Å². The Bertz CT molecular complexity index is 1160. The van der Waals surface area contributed by atoms with Crippen LogP contribution in [0.15, 0.2) is 59.3 Å². The summed E-state index contributed by atoms with van der Waals surface area (Å²) in [4.78, 5) is 16.0. The molecule has 2 aromatic heterocycles. The molecule has 0 atom stereocenters. The molecular weight excluding hydrogens is 354 g/mol. The fourth-order valence-corrected chi connectivity index (χ4v) is 3.12. The minimum atomic E-state index is -0.126. The lowest BCUT2D eigenvalue weighted by atomic mass is 10.1. The van der Waals surface area contributed by atoms with Gasteiger partial charge in [0.2, 0.25) is 11.7 Å². The van der Waals surface area contributed by atoms with E-state index in [-0.39, 0.29) is 5.91 Å². The van der Waals surface area contributed by atoms with Crippen LogP contribution in [0.25, 0.3) is 34.1 Å². The number of anilines is 1. The standard InChI is InChI=1S/C21H19N5O2/c1-13-17(8-5-9-18(13)23-14(2)27)21-24-20(25-28-21)16-7-4-6-15(12-16)19-10-11-22-26(19)3/h4-12H,1-3H3,(H,23,27). The normalized spacial score (nSPS) is 10.8. The molecule has 7 heteroatoms. The van der Waals surface area contributed by atoms with Gasteiger partial charge in [-0.1, -0.05) is 29.4 Å². The van der Waals surface area contributed by atoms with Gasteiger partial charge in [-0.25, -0.2) is 0 Å². The topological polar surface area (TPSA) is 85.8 Å². The van der Waals surface area contributed by atoms with E-state index in [1.165, 1.54) is 6.92 Å². The largest absolute Gasteiger partial charge is 0.334 e. The van der Waals surface area contributed by atoms with Gasteiger partial charge in [0.25, 0.3) is 5.89 Å². The molecule has 0 saturated carbocycles. The van der Waals surface area contributed by atoms with Gasteiger partial charge in [0.1, 0.15) is 0 Å². The molecule has 4 aromatic rings. The van der Waals surface area contributed by atoms with Crippen LogP contribution in [0.5, 0.6) is 0 Å². The summed E-state index contributed by atoms with van der Waals surface area (Å²) in [5, 5.41) is 11.2. The predicted molar refractivity (Wildman–Crippen MR) is 106 cm³/mol. The second-order valence-electron chi connectivity index (χ2n) is 6.50. The highest BCUT2D eigenvalue weighted by molar-refractivity contribution is 5.90. The number of carbonyl (C=O) groups excluding carboxylic acids is 1. The minimum Gasteiger partial charge on any atom is -0.334 e. The van der Waals surface area contributed by atoms with E-state index in [0.29, 0.717) is 11.7 Å². The highest BCUT2D eigenvalue weighted by Gasteiger charge is 2.15. The Kier molecular flexibility index (Phi) is 4.49. The van der Waals surface area contributed by atoms with Gasteiger partial charge in [-0.2, -0.15) is 10.1 Å². The molecule has 4 rings (SSSR count). The summed E-state index contributed by atoms with van der Waals surface area (Å²) in [7, 11) is 1.90. The molecule has 28 heavy (non-hydrogen) atoms. The lowest BCUT2D eigenvalue weighted by molar-refractivity contribution is -0.114. The van der Waals surface area contributed by atoms with Crippen LogP contribution in [0.2, 0.25) is 0 Å². The zero-order chi connectivity index (χ0) is 19.7. The first-order chi connectivity index (χ1) is 13.5. The number of aryl methyl sites for hydroxylation is 1. The van der Waals surface area contributed by atoms with Crippen molar-refractivity contribution in [2.75, 3.05) is 5.32 Å². The molecule has 7 nitrogen and oxygen atoms in total. The molecule has 0 aliphatic carbocycles. The molecule has 0 spiro atoms. The second kappa shape index (κ2) is 7.11. The second-order valence-corrected chi connectivity index (χ2v) is 6.50. The number of hydrogen-bond acceptors (Lipinski definition) is 5. The third-order valence-corrected chi connectivity index (χ3v) is 4.54. The van der Waals surface area contributed by atoms with Gasteiger partial charge >= 0.3 is 0 Å². The molecule has 0 fully saturated rings. The molecule has 0 radical (unpaired) electrons. The number of rotatable bonds is 4. The Morgan fingerprint density at radius 2 is 1.89 bits per heavy atom. The lowest BCUT2D eigenvalue weighted by Gasteiger charge is -2.08. The summed E-state index contributed by atoms with van der Waals surface area (Å²) >= 11 is 0. The van der Waals surface area contributed by atoms with Crippen LogP contribution in [0, 0.1) is 6.92 Å². The smallest absolute Gasteiger partial charge is 0.258 e. The molecule has 0 aliphatic rings. The first-order valence-electron chi connectivity index (χ1n) is 8.83. The Morgan fingerprint density at radius 3 is 2.64 bits per heavy atom. The first-order valence-corrected chi connectivity index (χ1v) is 8.83. The minimum absolute atomic E-state index is 0.126. The van der Waals surface area contributed by atoms with E-state index in [1.54, 1.807) is 6.20 Å².